The van der Waals surface area contributed by atoms with Crippen LogP contribution in [0, 0.1) is 0 Å². The maximum Gasteiger partial charge on any atom is 0.247 e. The summed E-state index contributed by atoms with van der Waals surface area (Å²) < 4.78 is 6.13. The molecule has 14 heavy (non-hydrogen) atoms. The minimum absolute atomic E-state index is 1.04. The second kappa shape index (κ2) is 5.20. The molecule has 78 valence electrons. The third-order valence-corrected chi connectivity index (χ3v) is 6.42. The molecule has 2 heteroatoms. The highest BCUT2D eigenvalue weighted by Gasteiger charge is 2.27. The fourth-order valence-corrected chi connectivity index (χ4v) is 3.96. The van der Waals surface area contributed by atoms with Crippen LogP contribution < -0.4 is 4.43 Å². The third kappa shape index (κ3) is 3.18. The Labute approximate surface area is 88.2 Å². The van der Waals surface area contributed by atoms with Gasteiger partial charge in [0.05, 0.1) is 0 Å². The van der Waals surface area contributed by atoms with Gasteiger partial charge in [-0.2, -0.15) is 0 Å². The van der Waals surface area contributed by atoms with Crippen molar-refractivity contribution in [2.24, 2.45) is 0 Å². The van der Waals surface area contributed by atoms with Crippen LogP contribution in [0.3, 0.4) is 0 Å². The quantitative estimate of drug-likeness (QED) is 0.663. The van der Waals surface area contributed by atoms with Crippen LogP contribution >= 0.6 is 0 Å². The zero-order valence-electron chi connectivity index (χ0n) is 9.42. The van der Waals surface area contributed by atoms with Gasteiger partial charge in [0, 0.05) is 0 Å². The molecular formula is C12H20OSi. The summed E-state index contributed by atoms with van der Waals surface area (Å²) in [7, 11) is -1.46. The smallest absolute Gasteiger partial charge is 0.247 e. The lowest BCUT2D eigenvalue weighted by Crippen LogP contribution is -2.36. The molecular weight excluding hydrogens is 188 g/mol. The average Bonchev–Trinajstić information content (AvgIpc) is 2.20. The fraction of sp³-hybridized carbons (Fsp3) is 0.500. The maximum atomic E-state index is 6.13. The molecule has 1 nitrogen and oxygen atoms in total. The summed E-state index contributed by atoms with van der Waals surface area (Å²) in [5.41, 5.74) is 0. The maximum absolute atomic E-state index is 6.13. The molecule has 1 aromatic rings. The van der Waals surface area contributed by atoms with Crippen molar-refractivity contribution in [2.45, 2.75) is 38.9 Å². The topological polar surface area (TPSA) is 9.23 Å². The molecule has 0 aromatic heterocycles. The molecule has 0 saturated carbocycles. The van der Waals surface area contributed by atoms with Crippen molar-refractivity contribution in [1.29, 1.82) is 0 Å². The molecule has 1 unspecified atom stereocenters. The van der Waals surface area contributed by atoms with Crippen LogP contribution in [0.1, 0.15) is 20.3 Å². The minimum atomic E-state index is -1.46. The second-order valence-electron chi connectivity index (χ2n) is 3.97. The van der Waals surface area contributed by atoms with Crippen LogP contribution in [0.15, 0.2) is 30.3 Å². The summed E-state index contributed by atoms with van der Waals surface area (Å²) in [6, 6.07) is 12.6. The lowest BCUT2D eigenvalue weighted by Gasteiger charge is -2.26. The molecule has 0 fully saturated rings. The standard InChI is InChI=1S/C12H20OSi/c1-4-11-14(3,5-2)13-12-9-7-6-8-10-12/h6-10H,4-5,11H2,1-3H3. The molecule has 0 N–H and O–H groups in total. The van der Waals surface area contributed by atoms with Gasteiger partial charge in [-0.3, -0.25) is 0 Å². The Bertz CT molecular complexity index is 260. The molecule has 0 radical (unpaired) electrons. The van der Waals surface area contributed by atoms with Crippen LogP contribution in [-0.4, -0.2) is 8.32 Å². The lowest BCUT2D eigenvalue weighted by molar-refractivity contribution is 0.536. The lowest BCUT2D eigenvalue weighted by atomic mass is 10.3. The normalized spacial score (nSPS) is 14.8. The molecule has 0 heterocycles. The first kappa shape index (κ1) is 11.3. The average molecular weight is 208 g/mol. The van der Waals surface area contributed by atoms with E-state index in [9.17, 15) is 0 Å². The molecule has 0 aliphatic rings. The number of para-hydroxylation sites is 1. The first-order valence-corrected chi connectivity index (χ1v) is 8.26. The van der Waals surface area contributed by atoms with Crippen molar-refractivity contribution in [3.05, 3.63) is 30.3 Å². The van der Waals surface area contributed by atoms with E-state index in [-0.39, 0.29) is 0 Å². The van der Waals surface area contributed by atoms with Crippen LogP contribution in [0.25, 0.3) is 0 Å². The van der Waals surface area contributed by atoms with Crippen molar-refractivity contribution < 1.29 is 4.43 Å². The molecule has 0 spiro atoms. The number of hydrogen-bond donors (Lipinski definition) is 0. The molecule has 0 bridgehead atoms. The Morgan fingerprint density at radius 1 is 1.14 bits per heavy atom. The summed E-state index contributed by atoms with van der Waals surface area (Å²) in [5, 5.41) is 0. The Balaban J connectivity index is 2.65. The highest BCUT2D eigenvalue weighted by molar-refractivity contribution is 6.73. The van der Waals surface area contributed by atoms with Gasteiger partial charge in [-0.15, -0.1) is 0 Å². The van der Waals surface area contributed by atoms with Crippen molar-refractivity contribution in [1.82, 2.24) is 0 Å². The van der Waals surface area contributed by atoms with Gasteiger partial charge < -0.3 is 4.43 Å². The minimum Gasteiger partial charge on any atom is -0.544 e. The van der Waals surface area contributed by atoms with Gasteiger partial charge in [0.1, 0.15) is 5.75 Å². The van der Waals surface area contributed by atoms with Crippen LogP contribution in [0.2, 0.25) is 18.6 Å². The van der Waals surface area contributed by atoms with E-state index in [1.807, 2.05) is 18.2 Å². The Morgan fingerprint density at radius 3 is 2.29 bits per heavy atom. The van der Waals surface area contributed by atoms with E-state index in [0.717, 1.165) is 5.75 Å². The van der Waals surface area contributed by atoms with E-state index in [4.69, 9.17) is 4.43 Å². The van der Waals surface area contributed by atoms with Crippen molar-refractivity contribution in [3.63, 3.8) is 0 Å². The summed E-state index contributed by atoms with van der Waals surface area (Å²) in [6.45, 7) is 6.80. The molecule has 1 rings (SSSR count). The number of hydrogen-bond acceptors (Lipinski definition) is 1. The van der Waals surface area contributed by atoms with Gasteiger partial charge in [0.25, 0.3) is 0 Å². The van der Waals surface area contributed by atoms with Crippen LogP contribution in [0.5, 0.6) is 5.75 Å². The first-order valence-electron chi connectivity index (χ1n) is 5.44. The van der Waals surface area contributed by atoms with E-state index >= 15 is 0 Å². The van der Waals surface area contributed by atoms with E-state index < -0.39 is 8.32 Å². The van der Waals surface area contributed by atoms with Gasteiger partial charge in [0.2, 0.25) is 8.32 Å². The summed E-state index contributed by atoms with van der Waals surface area (Å²) in [4.78, 5) is 0. The van der Waals surface area contributed by atoms with Gasteiger partial charge in [0.15, 0.2) is 0 Å². The van der Waals surface area contributed by atoms with Crippen molar-refractivity contribution in [2.75, 3.05) is 0 Å². The molecule has 1 aromatic carbocycles. The molecule has 0 saturated heterocycles. The van der Waals surface area contributed by atoms with E-state index in [1.165, 1.54) is 18.5 Å². The Kier molecular flexibility index (Phi) is 4.20. The Hall–Kier alpha value is -0.763. The third-order valence-electron chi connectivity index (χ3n) is 2.63. The van der Waals surface area contributed by atoms with E-state index in [1.54, 1.807) is 0 Å². The monoisotopic (exact) mass is 208 g/mol. The van der Waals surface area contributed by atoms with Gasteiger partial charge in [-0.1, -0.05) is 38.5 Å². The Morgan fingerprint density at radius 2 is 1.79 bits per heavy atom. The van der Waals surface area contributed by atoms with Crippen molar-refractivity contribution >= 4 is 8.32 Å². The number of benzene rings is 1. The predicted octanol–water partition coefficient (Wildman–Crippen LogP) is 4.07. The summed E-state index contributed by atoms with van der Waals surface area (Å²) >= 11 is 0. The summed E-state index contributed by atoms with van der Waals surface area (Å²) in [6.07, 6.45) is 1.23. The van der Waals surface area contributed by atoms with Gasteiger partial charge >= 0.3 is 0 Å². The van der Waals surface area contributed by atoms with Crippen LogP contribution in [0.4, 0.5) is 0 Å². The zero-order chi connectivity index (χ0) is 10.4. The summed E-state index contributed by atoms with van der Waals surface area (Å²) in [5.74, 6) is 1.04. The predicted molar refractivity (Wildman–Crippen MR) is 64.3 cm³/mol. The van der Waals surface area contributed by atoms with Crippen molar-refractivity contribution in [3.8, 4) is 5.75 Å². The van der Waals surface area contributed by atoms with E-state index in [2.05, 4.69) is 32.5 Å². The highest BCUT2D eigenvalue weighted by Crippen LogP contribution is 2.22. The van der Waals surface area contributed by atoms with Crippen LogP contribution in [-0.2, 0) is 0 Å². The SMILES string of the molecule is CCC[Si](C)(CC)Oc1ccccc1. The van der Waals surface area contributed by atoms with Gasteiger partial charge in [-0.05, 0) is 30.8 Å². The second-order valence-corrected chi connectivity index (χ2v) is 8.28. The zero-order valence-corrected chi connectivity index (χ0v) is 10.4. The largest absolute Gasteiger partial charge is 0.544 e. The van der Waals surface area contributed by atoms with E-state index in [0.29, 0.717) is 0 Å². The molecule has 0 amide bonds. The molecule has 0 aliphatic heterocycles. The fourth-order valence-electron chi connectivity index (χ4n) is 1.60. The first-order chi connectivity index (χ1) is 6.70. The molecule has 0 aliphatic carbocycles. The highest BCUT2D eigenvalue weighted by atomic mass is 28.4. The molecule has 1 atom stereocenters. The number of rotatable bonds is 5. The van der Waals surface area contributed by atoms with Gasteiger partial charge in [-0.25, -0.2) is 0 Å².